The lowest BCUT2D eigenvalue weighted by atomic mass is 9.97. The predicted octanol–water partition coefficient (Wildman–Crippen LogP) is 14.0. The summed E-state index contributed by atoms with van der Waals surface area (Å²) in [4.78, 5) is 13.3. The number of carbonyl (C=O) groups excluding carboxylic acids is 1. The van der Waals surface area contributed by atoms with Crippen LogP contribution in [0.5, 0.6) is 0 Å². The molecule has 0 aromatic carbocycles. The van der Waals surface area contributed by atoms with E-state index in [0.29, 0.717) is 12.8 Å². The number of hydrogen-bond donors (Lipinski definition) is 9. The topological polar surface area (TPSA) is 228 Å². The first kappa shape index (κ1) is 77.1. The fraction of sp³-hybridized carbons (Fsp3) is 0.985. The third kappa shape index (κ3) is 38.3. The molecule has 0 aliphatic carbocycles. The molecule has 0 spiro atoms. The third-order valence-electron chi connectivity index (χ3n) is 17.8. The number of ether oxygens (including phenoxy) is 4. The maximum atomic E-state index is 13.3. The molecule has 9 N–H and O–H groups in total. The van der Waals surface area contributed by atoms with Gasteiger partial charge in [0.25, 0.3) is 0 Å². The van der Waals surface area contributed by atoms with Gasteiger partial charge in [-0.3, -0.25) is 4.79 Å². The number of unbranched alkanes of at least 4 members (excludes halogenated alkanes) is 46. The van der Waals surface area contributed by atoms with Crippen molar-refractivity contribution >= 4 is 5.91 Å². The number of aliphatic hydroxyl groups excluding tert-OH is 8. The van der Waals surface area contributed by atoms with Crippen LogP contribution in [-0.4, -0.2) is 140 Å². The SMILES string of the molecule is CCCCCCCCCCCCCCCCCCCCCCCCCCCCCCCCCCCCCCCCC(=O)NC(COC1OC(CO)C(OC2OC(CO)C(O)C(O)C2O)C(O)C1O)C(O)CCCCCCCCCCCC. The van der Waals surface area contributed by atoms with Crippen LogP contribution in [0.1, 0.15) is 335 Å². The highest BCUT2D eigenvalue weighted by molar-refractivity contribution is 5.76. The lowest BCUT2D eigenvalue weighted by Crippen LogP contribution is -2.65. The van der Waals surface area contributed by atoms with Crippen LogP contribution >= 0.6 is 0 Å². The summed E-state index contributed by atoms with van der Waals surface area (Å²) in [6.07, 6.45) is 47.5. The molecule has 82 heavy (non-hydrogen) atoms. The molecule has 2 heterocycles. The standard InChI is InChI=1S/C68H133NO13/c1-3-5-7-9-11-13-15-16-17-18-19-20-21-22-23-24-25-26-27-28-29-30-31-32-33-34-35-36-37-38-39-40-41-42-44-46-48-50-52-60(73)69-56(57(72)51-49-47-45-43-14-12-10-8-6-4-2)55-79-67-65(78)63(76)66(59(54-71)81-67)82-68-64(77)62(75)61(74)58(53-70)80-68/h56-59,61-68,70-72,74-78H,3-55H2,1-2H3,(H,69,73). The molecule has 0 bridgehead atoms. The van der Waals surface area contributed by atoms with Crippen molar-refractivity contribution in [1.29, 1.82) is 0 Å². The van der Waals surface area contributed by atoms with Gasteiger partial charge in [-0.05, 0) is 12.8 Å². The average molecular weight is 1170 g/mol. The summed E-state index contributed by atoms with van der Waals surface area (Å²) in [6.45, 7) is 2.88. The Kier molecular flexibility index (Phi) is 50.9. The van der Waals surface area contributed by atoms with Crippen molar-refractivity contribution in [1.82, 2.24) is 5.32 Å². The summed E-state index contributed by atoms with van der Waals surface area (Å²) in [5.41, 5.74) is 0. The zero-order chi connectivity index (χ0) is 59.5. The Balaban J connectivity index is 1.51. The number of amides is 1. The molecule has 14 heteroatoms. The van der Waals surface area contributed by atoms with Crippen LogP contribution in [0.4, 0.5) is 0 Å². The van der Waals surface area contributed by atoms with Crippen molar-refractivity contribution in [2.45, 2.75) is 408 Å². The van der Waals surface area contributed by atoms with Gasteiger partial charge in [0, 0.05) is 6.42 Å². The second-order valence-electron chi connectivity index (χ2n) is 25.4. The van der Waals surface area contributed by atoms with Crippen molar-refractivity contribution in [2.75, 3.05) is 19.8 Å². The molecule has 2 aliphatic rings. The van der Waals surface area contributed by atoms with E-state index in [-0.39, 0.29) is 12.5 Å². The minimum atomic E-state index is -1.78. The van der Waals surface area contributed by atoms with Gasteiger partial charge in [-0.2, -0.15) is 0 Å². The second-order valence-corrected chi connectivity index (χ2v) is 25.4. The van der Waals surface area contributed by atoms with Crippen LogP contribution in [-0.2, 0) is 23.7 Å². The molecule has 2 aliphatic heterocycles. The summed E-state index contributed by atoms with van der Waals surface area (Å²) < 4.78 is 22.8. The normalized spacial score (nSPS) is 23.8. The first-order valence-corrected chi connectivity index (χ1v) is 35.3. The van der Waals surface area contributed by atoms with Gasteiger partial charge in [0.2, 0.25) is 5.91 Å². The zero-order valence-electron chi connectivity index (χ0n) is 53.0. The predicted molar refractivity (Wildman–Crippen MR) is 332 cm³/mol. The van der Waals surface area contributed by atoms with Crippen molar-refractivity contribution in [3.8, 4) is 0 Å². The summed E-state index contributed by atoms with van der Waals surface area (Å²) >= 11 is 0. The average Bonchev–Trinajstić information content (AvgIpc) is 3.52. The quantitative estimate of drug-likeness (QED) is 0.0259. The second kappa shape index (κ2) is 54.2. The Hall–Kier alpha value is -1.01. The molecule has 0 aromatic rings. The summed E-state index contributed by atoms with van der Waals surface area (Å²) in [5, 5.41) is 87.2. The smallest absolute Gasteiger partial charge is 0.220 e. The minimum Gasteiger partial charge on any atom is -0.394 e. The fourth-order valence-corrected chi connectivity index (χ4v) is 12.2. The lowest BCUT2D eigenvalue weighted by molar-refractivity contribution is -0.359. The minimum absolute atomic E-state index is 0.200. The van der Waals surface area contributed by atoms with Gasteiger partial charge in [-0.1, -0.05) is 316 Å². The number of carbonyl (C=O) groups is 1. The van der Waals surface area contributed by atoms with Gasteiger partial charge < -0.3 is 65.1 Å². The highest BCUT2D eigenvalue weighted by Crippen LogP contribution is 2.30. The van der Waals surface area contributed by atoms with Crippen LogP contribution in [0.15, 0.2) is 0 Å². The molecular formula is C68H133NO13. The monoisotopic (exact) mass is 1170 g/mol. The van der Waals surface area contributed by atoms with Gasteiger partial charge in [0.05, 0.1) is 32.0 Å². The van der Waals surface area contributed by atoms with E-state index >= 15 is 0 Å². The number of aliphatic hydroxyl groups is 8. The molecule has 0 radical (unpaired) electrons. The number of nitrogens with one attached hydrogen (secondary N) is 1. The van der Waals surface area contributed by atoms with Gasteiger partial charge in [0.15, 0.2) is 12.6 Å². The van der Waals surface area contributed by atoms with Crippen LogP contribution in [0, 0.1) is 0 Å². The van der Waals surface area contributed by atoms with Crippen LogP contribution in [0.25, 0.3) is 0 Å². The Morgan fingerprint density at radius 1 is 0.390 bits per heavy atom. The van der Waals surface area contributed by atoms with Crippen molar-refractivity contribution in [3.05, 3.63) is 0 Å². The van der Waals surface area contributed by atoms with E-state index in [1.165, 1.54) is 257 Å². The summed E-state index contributed by atoms with van der Waals surface area (Å²) in [6, 6.07) is -0.822. The first-order chi connectivity index (χ1) is 40.1. The van der Waals surface area contributed by atoms with E-state index in [2.05, 4.69) is 19.2 Å². The Morgan fingerprint density at radius 2 is 0.695 bits per heavy atom. The van der Waals surface area contributed by atoms with E-state index in [1.807, 2.05) is 0 Å². The fourth-order valence-electron chi connectivity index (χ4n) is 12.2. The summed E-state index contributed by atoms with van der Waals surface area (Å²) in [5.74, 6) is -0.200. The molecule has 1 amide bonds. The van der Waals surface area contributed by atoms with Crippen LogP contribution in [0.2, 0.25) is 0 Å². The Labute approximate surface area is 502 Å². The molecule has 14 nitrogen and oxygen atoms in total. The molecule has 488 valence electrons. The highest BCUT2D eigenvalue weighted by atomic mass is 16.7. The molecule has 12 atom stereocenters. The van der Waals surface area contributed by atoms with E-state index in [0.717, 1.165) is 51.4 Å². The molecular weight excluding hydrogens is 1040 g/mol. The molecule has 0 aromatic heterocycles. The van der Waals surface area contributed by atoms with Gasteiger partial charge >= 0.3 is 0 Å². The number of rotatable bonds is 59. The largest absolute Gasteiger partial charge is 0.394 e. The summed E-state index contributed by atoms with van der Waals surface area (Å²) in [7, 11) is 0. The van der Waals surface area contributed by atoms with Gasteiger partial charge in [-0.15, -0.1) is 0 Å². The molecule has 0 saturated carbocycles. The van der Waals surface area contributed by atoms with E-state index in [9.17, 15) is 45.6 Å². The molecule has 12 unspecified atom stereocenters. The third-order valence-corrected chi connectivity index (χ3v) is 17.8. The van der Waals surface area contributed by atoms with Gasteiger partial charge in [-0.25, -0.2) is 0 Å². The Morgan fingerprint density at radius 3 is 1.04 bits per heavy atom. The highest BCUT2D eigenvalue weighted by Gasteiger charge is 2.51. The van der Waals surface area contributed by atoms with E-state index in [4.69, 9.17) is 18.9 Å². The molecule has 2 saturated heterocycles. The first-order valence-electron chi connectivity index (χ1n) is 35.3. The van der Waals surface area contributed by atoms with Crippen molar-refractivity contribution < 1.29 is 64.6 Å². The number of hydrogen-bond acceptors (Lipinski definition) is 13. The van der Waals surface area contributed by atoms with E-state index in [1.54, 1.807) is 0 Å². The van der Waals surface area contributed by atoms with E-state index < -0.39 is 86.8 Å². The van der Waals surface area contributed by atoms with Crippen LogP contribution < -0.4 is 5.32 Å². The maximum absolute atomic E-state index is 13.3. The Bertz CT molecular complexity index is 1380. The zero-order valence-corrected chi connectivity index (χ0v) is 53.0. The molecule has 2 fully saturated rings. The maximum Gasteiger partial charge on any atom is 0.220 e. The van der Waals surface area contributed by atoms with Crippen molar-refractivity contribution in [3.63, 3.8) is 0 Å². The van der Waals surface area contributed by atoms with Crippen LogP contribution in [0.3, 0.4) is 0 Å². The van der Waals surface area contributed by atoms with Gasteiger partial charge in [0.1, 0.15) is 48.8 Å². The lowest BCUT2D eigenvalue weighted by Gasteiger charge is -2.46. The molecule has 2 rings (SSSR count). The van der Waals surface area contributed by atoms with Crippen molar-refractivity contribution in [2.24, 2.45) is 0 Å².